The number of aliphatic hydroxyl groups is 1. The van der Waals surface area contributed by atoms with Gasteiger partial charge in [-0.3, -0.25) is 4.79 Å². The molecule has 2 N–H and O–H groups in total. The van der Waals surface area contributed by atoms with Crippen molar-refractivity contribution >= 4 is 11.6 Å². The van der Waals surface area contributed by atoms with Gasteiger partial charge >= 0.3 is 0 Å². The maximum absolute atomic E-state index is 13.0. The van der Waals surface area contributed by atoms with Crippen LogP contribution in [0.5, 0.6) is 5.75 Å². The molecule has 31 heavy (non-hydrogen) atoms. The van der Waals surface area contributed by atoms with Crippen LogP contribution in [-0.2, 0) is 16.1 Å². The molecule has 2 aromatic rings. The Kier molecular flexibility index (Phi) is 11.6. The van der Waals surface area contributed by atoms with Crippen molar-refractivity contribution in [3.8, 4) is 5.75 Å². The van der Waals surface area contributed by atoms with Gasteiger partial charge in [-0.25, -0.2) is 18.7 Å². The first-order valence-corrected chi connectivity index (χ1v) is 10.2. The SMILES string of the molecule is CC.CC1CCC(C(=O)Nc2cnc(CO)nc2)O1.COc1cccc(F)c1C(C)F. The smallest absolute Gasteiger partial charge is 0.253 e. The zero-order valence-electron chi connectivity index (χ0n) is 18.6. The summed E-state index contributed by atoms with van der Waals surface area (Å²) in [5.41, 5.74) is 0.496. The molecule has 1 fully saturated rings. The second-order valence-electron chi connectivity index (χ2n) is 6.52. The van der Waals surface area contributed by atoms with E-state index in [0.29, 0.717) is 11.5 Å². The Bertz CT molecular complexity index is 804. The number of carbonyl (C=O) groups excluding carboxylic acids is 1. The van der Waals surface area contributed by atoms with Gasteiger partial charge in [0, 0.05) is 0 Å². The number of hydrogen-bond acceptors (Lipinski definition) is 6. The highest BCUT2D eigenvalue weighted by Gasteiger charge is 2.28. The molecular formula is C22H31F2N3O4. The Morgan fingerprint density at radius 1 is 1.32 bits per heavy atom. The molecule has 0 saturated carbocycles. The van der Waals surface area contributed by atoms with Gasteiger partial charge in [0.1, 0.15) is 30.4 Å². The highest BCUT2D eigenvalue weighted by atomic mass is 19.1. The topological polar surface area (TPSA) is 93.6 Å². The Balaban J connectivity index is 0.000000303. The van der Waals surface area contributed by atoms with Gasteiger partial charge in [-0.2, -0.15) is 0 Å². The molecular weight excluding hydrogens is 408 g/mol. The number of anilines is 1. The van der Waals surface area contributed by atoms with Gasteiger partial charge in [-0.05, 0) is 38.8 Å². The normalized spacial score (nSPS) is 18.1. The van der Waals surface area contributed by atoms with E-state index in [4.69, 9.17) is 14.6 Å². The molecule has 3 unspecified atom stereocenters. The van der Waals surface area contributed by atoms with Gasteiger partial charge in [0.05, 0.1) is 36.9 Å². The number of benzene rings is 1. The van der Waals surface area contributed by atoms with Crippen LogP contribution in [0.3, 0.4) is 0 Å². The molecule has 7 nitrogen and oxygen atoms in total. The largest absolute Gasteiger partial charge is 0.496 e. The van der Waals surface area contributed by atoms with E-state index < -0.39 is 12.0 Å². The molecule has 1 aromatic heterocycles. The molecule has 0 aliphatic carbocycles. The fourth-order valence-corrected chi connectivity index (χ4v) is 2.80. The van der Waals surface area contributed by atoms with Gasteiger partial charge in [0.25, 0.3) is 5.91 Å². The molecule has 3 rings (SSSR count). The summed E-state index contributed by atoms with van der Waals surface area (Å²) >= 11 is 0. The minimum atomic E-state index is -1.35. The van der Waals surface area contributed by atoms with E-state index in [-0.39, 0.29) is 36.0 Å². The van der Waals surface area contributed by atoms with E-state index in [1.165, 1.54) is 44.6 Å². The van der Waals surface area contributed by atoms with E-state index >= 15 is 0 Å². The molecule has 2 heterocycles. The van der Waals surface area contributed by atoms with Crippen molar-refractivity contribution in [1.29, 1.82) is 0 Å². The number of halogens is 2. The highest BCUT2D eigenvalue weighted by Crippen LogP contribution is 2.29. The first-order valence-electron chi connectivity index (χ1n) is 10.2. The summed E-state index contributed by atoms with van der Waals surface area (Å²) in [5, 5.41) is 11.5. The first-order chi connectivity index (χ1) is 14.8. The number of ether oxygens (including phenoxy) is 2. The molecule has 1 aliphatic heterocycles. The predicted octanol–water partition coefficient (Wildman–Crippen LogP) is 4.37. The quantitative estimate of drug-likeness (QED) is 0.719. The number of aliphatic hydroxyl groups excluding tert-OH is 1. The lowest BCUT2D eigenvalue weighted by molar-refractivity contribution is -0.126. The van der Waals surface area contributed by atoms with Gasteiger partial charge < -0.3 is 19.9 Å². The molecule has 0 radical (unpaired) electrons. The Hall–Kier alpha value is -2.65. The number of nitrogens with zero attached hydrogens (tertiary/aromatic N) is 2. The summed E-state index contributed by atoms with van der Waals surface area (Å²) < 4.78 is 36.0. The molecule has 1 amide bonds. The molecule has 1 aliphatic rings. The standard InChI is InChI=1S/C11H15N3O3.C9H10F2O.C2H6/c1-7-2-3-9(17-7)11(16)14-8-4-12-10(6-15)13-5-8;1-6(10)9-7(11)4-3-5-8(9)12-2;1-2/h4-5,7,9,15H,2-3,6H2,1H3,(H,14,16);3-6H,1-2H3;1-2H3. The van der Waals surface area contributed by atoms with Crippen LogP contribution >= 0.6 is 0 Å². The summed E-state index contributed by atoms with van der Waals surface area (Å²) in [6, 6.07) is 4.24. The zero-order chi connectivity index (χ0) is 23.4. The van der Waals surface area contributed by atoms with Crippen LogP contribution in [0, 0.1) is 5.82 Å². The van der Waals surface area contributed by atoms with Crippen LogP contribution in [0.1, 0.15) is 58.1 Å². The predicted molar refractivity (Wildman–Crippen MR) is 114 cm³/mol. The van der Waals surface area contributed by atoms with Crippen molar-refractivity contribution in [2.45, 2.75) is 65.5 Å². The van der Waals surface area contributed by atoms with Crippen molar-refractivity contribution in [1.82, 2.24) is 9.97 Å². The molecule has 1 saturated heterocycles. The number of hydrogen-bond donors (Lipinski definition) is 2. The minimum Gasteiger partial charge on any atom is -0.496 e. The van der Waals surface area contributed by atoms with Crippen LogP contribution in [0.15, 0.2) is 30.6 Å². The van der Waals surface area contributed by atoms with Gasteiger partial charge in [-0.1, -0.05) is 19.9 Å². The summed E-state index contributed by atoms with van der Waals surface area (Å²) in [4.78, 5) is 19.5. The highest BCUT2D eigenvalue weighted by molar-refractivity contribution is 5.94. The molecule has 1 aromatic carbocycles. The molecule has 0 bridgehead atoms. The molecule has 172 valence electrons. The van der Waals surface area contributed by atoms with Gasteiger partial charge in [-0.15, -0.1) is 0 Å². The average molecular weight is 440 g/mol. The van der Waals surface area contributed by atoms with E-state index in [1.807, 2.05) is 20.8 Å². The molecule has 9 heteroatoms. The Labute approximate surface area is 181 Å². The van der Waals surface area contributed by atoms with E-state index in [1.54, 1.807) is 0 Å². The zero-order valence-corrected chi connectivity index (χ0v) is 18.6. The number of alkyl halides is 1. The Morgan fingerprint density at radius 2 is 1.97 bits per heavy atom. The number of rotatable bonds is 5. The fourth-order valence-electron chi connectivity index (χ4n) is 2.80. The lowest BCUT2D eigenvalue weighted by Crippen LogP contribution is -2.27. The number of aromatic nitrogens is 2. The average Bonchev–Trinajstić information content (AvgIpc) is 3.22. The third-order valence-corrected chi connectivity index (χ3v) is 4.27. The van der Waals surface area contributed by atoms with Gasteiger partial charge in [0.15, 0.2) is 5.82 Å². The number of carbonyl (C=O) groups is 1. The van der Waals surface area contributed by atoms with Crippen LogP contribution in [0.4, 0.5) is 14.5 Å². The maximum atomic E-state index is 13.0. The summed E-state index contributed by atoms with van der Waals surface area (Å²) in [6.07, 6.45) is 2.98. The van der Waals surface area contributed by atoms with Crippen molar-refractivity contribution < 1.29 is 28.2 Å². The fraction of sp³-hybridized carbons (Fsp3) is 0.500. The maximum Gasteiger partial charge on any atom is 0.253 e. The summed E-state index contributed by atoms with van der Waals surface area (Å²) in [7, 11) is 1.39. The minimum absolute atomic E-state index is 0.0139. The number of amides is 1. The number of methoxy groups -OCH3 is 1. The number of nitrogens with one attached hydrogen (secondary N) is 1. The van der Waals surface area contributed by atoms with Crippen LogP contribution in [-0.4, -0.2) is 40.3 Å². The van der Waals surface area contributed by atoms with Crippen LogP contribution in [0.25, 0.3) is 0 Å². The Morgan fingerprint density at radius 3 is 2.42 bits per heavy atom. The van der Waals surface area contributed by atoms with Crippen molar-refractivity contribution in [3.05, 3.63) is 47.8 Å². The van der Waals surface area contributed by atoms with Crippen LogP contribution < -0.4 is 10.1 Å². The third-order valence-electron chi connectivity index (χ3n) is 4.27. The van der Waals surface area contributed by atoms with E-state index in [9.17, 15) is 13.6 Å². The van der Waals surface area contributed by atoms with Crippen LogP contribution in [0.2, 0.25) is 0 Å². The summed E-state index contributed by atoms with van der Waals surface area (Å²) in [6.45, 7) is 7.02. The van der Waals surface area contributed by atoms with Gasteiger partial charge in [0.2, 0.25) is 0 Å². The first kappa shape index (κ1) is 26.4. The van der Waals surface area contributed by atoms with Crippen molar-refractivity contribution in [3.63, 3.8) is 0 Å². The van der Waals surface area contributed by atoms with Crippen molar-refractivity contribution in [2.75, 3.05) is 12.4 Å². The third kappa shape index (κ3) is 8.18. The lowest BCUT2D eigenvalue weighted by Gasteiger charge is -2.11. The second-order valence-corrected chi connectivity index (χ2v) is 6.52. The monoisotopic (exact) mass is 439 g/mol. The van der Waals surface area contributed by atoms with E-state index in [2.05, 4.69) is 15.3 Å². The molecule has 0 spiro atoms. The van der Waals surface area contributed by atoms with E-state index in [0.717, 1.165) is 12.8 Å². The lowest BCUT2D eigenvalue weighted by atomic mass is 10.1. The second kappa shape index (κ2) is 13.6. The van der Waals surface area contributed by atoms with Crippen molar-refractivity contribution in [2.24, 2.45) is 0 Å². The molecule has 3 atom stereocenters. The summed E-state index contributed by atoms with van der Waals surface area (Å²) in [5.74, 6) is -0.155.